The number of amides is 1. The number of phenolic OH excluding ortho intramolecular Hbond substituents is 2. The molecule has 0 aliphatic carbocycles. The minimum atomic E-state index is -0.00214. The smallest absolute Gasteiger partial charge is 0.210 e. The number of ether oxygens (including phenoxy) is 2. The van der Waals surface area contributed by atoms with Crippen molar-refractivity contribution in [3.05, 3.63) is 47.5 Å². The molecule has 0 heterocycles. The van der Waals surface area contributed by atoms with Crippen LogP contribution < -0.4 is 9.47 Å². The second kappa shape index (κ2) is 8.10. The Labute approximate surface area is 140 Å². The molecule has 0 saturated heterocycles. The predicted octanol–water partition coefficient (Wildman–Crippen LogP) is 2.32. The molecule has 0 aliphatic heterocycles. The SMILES string of the molecule is COc1cc(OC)c(CN(C=O)CCc2ccc(O)cc2)cc1O. The van der Waals surface area contributed by atoms with Gasteiger partial charge in [-0.25, -0.2) is 0 Å². The molecule has 0 unspecified atom stereocenters. The molecular formula is C18H21NO5. The van der Waals surface area contributed by atoms with Crippen LogP contribution in [0.4, 0.5) is 0 Å². The summed E-state index contributed by atoms with van der Waals surface area (Å²) in [4.78, 5) is 12.9. The molecule has 6 heteroatoms. The van der Waals surface area contributed by atoms with Crippen LogP contribution in [0.2, 0.25) is 0 Å². The van der Waals surface area contributed by atoms with Gasteiger partial charge < -0.3 is 24.6 Å². The minimum absolute atomic E-state index is 0.00214. The average molecular weight is 331 g/mol. The molecule has 2 rings (SSSR count). The summed E-state index contributed by atoms with van der Waals surface area (Å²) in [6.45, 7) is 0.812. The molecular weight excluding hydrogens is 310 g/mol. The molecule has 1 amide bonds. The number of carbonyl (C=O) groups excluding carboxylic acids is 1. The number of hydrogen-bond donors (Lipinski definition) is 2. The summed E-state index contributed by atoms with van der Waals surface area (Å²) in [5, 5.41) is 19.2. The monoisotopic (exact) mass is 331 g/mol. The van der Waals surface area contributed by atoms with Gasteiger partial charge in [0.05, 0.1) is 14.2 Å². The lowest BCUT2D eigenvalue weighted by Crippen LogP contribution is -2.24. The average Bonchev–Trinajstić information content (AvgIpc) is 2.60. The lowest BCUT2D eigenvalue weighted by atomic mass is 10.1. The summed E-state index contributed by atoms with van der Waals surface area (Å²) in [5.41, 5.74) is 1.71. The Morgan fingerprint density at radius 2 is 1.71 bits per heavy atom. The number of phenols is 2. The van der Waals surface area contributed by atoms with Crippen molar-refractivity contribution in [1.29, 1.82) is 0 Å². The fourth-order valence-electron chi connectivity index (χ4n) is 2.39. The molecule has 0 radical (unpaired) electrons. The quantitative estimate of drug-likeness (QED) is 0.726. The number of hydrogen-bond acceptors (Lipinski definition) is 5. The zero-order chi connectivity index (χ0) is 17.5. The summed E-state index contributed by atoms with van der Waals surface area (Å²) in [5.74, 6) is 1.07. The summed E-state index contributed by atoms with van der Waals surface area (Å²) >= 11 is 0. The van der Waals surface area contributed by atoms with Gasteiger partial charge in [-0.1, -0.05) is 12.1 Å². The highest BCUT2D eigenvalue weighted by molar-refractivity contribution is 5.52. The van der Waals surface area contributed by atoms with E-state index in [1.165, 1.54) is 20.3 Å². The van der Waals surface area contributed by atoms with Gasteiger partial charge in [-0.15, -0.1) is 0 Å². The van der Waals surface area contributed by atoms with E-state index in [9.17, 15) is 15.0 Å². The van der Waals surface area contributed by atoms with Crippen LogP contribution in [0.15, 0.2) is 36.4 Å². The largest absolute Gasteiger partial charge is 0.508 e. The highest BCUT2D eigenvalue weighted by Gasteiger charge is 2.13. The third-order valence-electron chi connectivity index (χ3n) is 3.73. The molecule has 0 bridgehead atoms. The van der Waals surface area contributed by atoms with Crippen LogP contribution in [0.3, 0.4) is 0 Å². The number of nitrogens with zero attached hydrogens (tertiary/aromatic N) is 1. The first kappa shape index (κ1) is 17.5. The van der Waals surface area contributed by atoms with Crippen molar-refractivity contribution in [3.8, 4) is 23.0 Å². The standard InChI is InChI=1S/C18H21NO5/c1-23-17-10-18(24-2)16(22)9-14(17)11-19(12-20)8-7-13-3-5-15(21)6-4-13/h3-6,9-10,12,21-22H,7-8,11H2,1-2H3. The van der Waals surface area contributed by atoms with Crippen molar-refractivity contribution in [2.75, 3.05) is 20.8 Å². The van der Waals surface area contributed by atoms with Crippen LogP contribution in [0.1, 0.15) is 11.1 Å². The van der Waals surface area contributed by atoms with Gasteiger partial charge in [0.2, 0.25) is 6.41 Å². The van der Waals surface area contributed by atoms with E-state index in [-0.39, 0.29) is 11.5 Å². The number of carbonyl (C=O) groups is 1. The summed E-state index contributed by atoms with van der Waals surface area (Å²) in [6.07, 6.45) is 1.42. The maximum absolute atomic E-state index is 11.4. The molecule has 0 saturated carbocycles. The lowest BCUT2D eigenvalue weighted by Gasteiger charge is -2.20. The number of aromatic hydroxyl groups is 2. The summed E-state index contributed by atoms with van der Waals surface area (Å²) in [6, 6.07) is 9.99. The normalized spacial score (nSPS) is 10.2. The minimum Gasteiger partial charge on any atom is -0.508 e. The number of rotatable bonds is 8. The van der Waals surface area contributed by atoms with Crippen LogP contribution in [0, 0.1) is 0 Å². The van der Waals surface area contributed by atoms with Gasteiger partial charge in [-0.3, -0.25) is 4.79 Å². The van der Waals surface area contributed by atoms with Gasteiger partial charge in [-0.2, -0.15) is 0 Å². The van der Waals surface area contributed by atoms with E-state index in [1.807, 2.05) is 12.1 Å². The van der Waals surface area contributed by atoms with Crippen molar-refractivity contribution in [1.82, 2.24) is 4.90 Å². The van der Waals surface area contributed by atoms with E-state index >= 15 is 0 Å². The Morgan fingerprint density at radius 1 is 1.04 bits per heavy atom. The van der Waals surface area contributed by atoms with Crippen LogP contribution in [-0.4, -0.2) is 42.3 Å². The van der Waals surface area contributed by atoms with Gasteiger partial charge in [-0.05, 0) is 30.2 Å². The second-order valence-corrected chi connectivity index (χ2v) is 5.33. The van der Waals surface area contributed by atoms with Crippen LogP contribution in [0.5, 0.6) is 23.0 Å². The van der Waals surface area contributed by atoms with E-state index < -0.39 is 0 Å². The van der Waals surface area contributed by atoms with E-state index in [0.717, 1.165) is 12.0 Å². The highest BCUT2D eigenvalue weighted by atomic mass is 16.5. The van der Waals surface area contributed by atoms with E-state index in [1.54, 1.807) is 23.1 Å². The second-order valence-electron chi connectivity index (χ2n) is 5.33. The summed E-state index contributed by atoms with van der Waals surface area (Å²) in [7, 11) is 2.99. The molecule has 2 aromatic carbocycles. The first-order chi connectivity index (χ1) is 11.6. The first-order valence-corrected chi connectivity index (χ1v) is 7.48. The molecule has 0 aliphatic rings. The summed E-state index contributed by atoms with van der Waals surface area (Å²) < 4.78 is 10.4. The van der Waals surface area contributed by atoms with E-state index in [2.05, 4.69) is 0 Å². The van der Waals surface area contributed by atoms with Crippen molar-refractivity contribution >= 4 is 6.41 Å². The lowest BCUT2D eigenvalue weighted by molar-refractivity contribution is -0.118. The molecule has 128 valence electrons. The van der Waals surface area contributed by atoms with Gasteiger partial charge >= 0.3 is 0 Å². The Morgan fingerprint density at radius 3 is 2.29 bits per heavy atom. The van der Waals surface area contributed by atoms with Crippen LogP contribution in [-0.2, 0) is 17.8 Å². The topological polar surface area (TPSA) is 79.2 Å². The zero-order valence-electron chi connectivity index (χ0n) is 13.7. The Kier molecular flexibility index (Phi) is 5.89. The number of benzene rings is 2. The van der Waals surface area contributed by atoms with Crippen LogP contribution in [0.25, 0.3) is 0 Å². The van der Waals surface area contributed by atoms with Gasteiger partial charge in [0.15, 0.2) is 11.5 Å². The fourth-order valence-corrected chi connectivity index (χ4v) is 2.39. The third kappa shape index (κ3) is 4.32. The molecule has 0 spiro atoms. The van der Waals surface area contributed by atoms with Crippen molar-refractivity contribution in [3.63, 3.8) is 0 Å². The van der Waals surface area contributed by atoms with Crippen molar-refractivity contribution in [2.24, 2.45) is 0 Å². The molecule has 2 N–H and O–H groups in total. The van der Waals surface area contributed by atoms with Gasteiger partial charge in [0, 0.05) is 24.7 Å². The van der Waals surface area contributed by atoms with Crippen molar-refractivity contribution in [2.45, 2.75) is 13.0 Å². The maximum atomic E-state index is 11.4. The van der Waals surface area contributed by atoms with Gasteiger partial charge in [0.25, 0.3) is 0 Å². The molecule has 6 nitrogen and oxygen atoms in total. The fraction of sp³-hybridized carbons (Fsp3) is 0.278. The highest BCUT2D eigenvalue weighted by Crippen LogP contribution is 2.34. The van der Waals surface area contributed by atoms with E-state index in [0.29, 0.717) is 36.6 Å². The van der Waals surface area contributed by atoms with E-state index in [4.69, 9.17) is 9.47 Å². The molecule has 24 heavy (non-hydrogen) atoms. The Hall–Kier alpha value is -2.89. The number of methoxy groups -OCH3 is 2. The molecule has 0 atom stereocenters. The Balaban J connectivity index is 2.08. The van der Waals surface area contributed by atoms with Gasteiger partial charge in [0.1, 0.15) is 11.5 Å². The molecule has 0 fully saturated rings. The maximum Gasteiger partial charge on any atom is 0.210 e. The first-order valence-electron chi connectivity index (χ1n) is 7.48. The molecule has 2 aromatic rings. The van der Waals surface area contributed by atoms with Crippen LogP contribution >= 0.6 is 0 Å². The Bertz CT molecular complexity index is 685. The van der Waals surface area contributed by atoms with Crippen molar-refractivity contribution < 1.29 is 24.5 Å². The predicted molar refractivity (Wildman–Crippen MR) is 89.5 cm³/mol. The third-order valence-corrected chi connectivity index (χ3v) is 3.73. The molecule has 0 aromatic heterocycles. The zero-order valence-corrected chi connectivity index (χ0v) is 13.7.